The van der Waals surface area contributed by atoms with Gasteiger partial charge >= 0.3 is 0 Å². The summed E-state index contributed by atoms with van der Waals surface area (Å²) in [5.74, 6) is -0.0715. The van der Waals surface area contributed by atoms with Crippen LogP contribution in [-0.2, 0) is 9.59 Å². The molecule has 6 heteroatoms. The molecule has 2 amide bonds. The van der Waals surface area contributed by atoms with E-state index < -0.39 is 6.04 Å². The predicted molar refractivity (Wildman–Crippen MR) is 109 cm³/mol. The van der Waals surface area contributed by atoms with Gasteiger partial charge in [0.25, 0.3) is 0 Å². The van der Waals surface area contributed by atoms with Gasteiger partial charge in [-0.25, -0.2) is 0 Å². The molecule has 0 saturated heterocycles. The fraction of sp³-hybridized carbons (Fsp3) is 0.591. The molecule has 28 heavy (non-hydrogen) atoms. The van der Waals surface area contributed by atoms with E-state index in [2.05, 4.69) is 5.32 Å². The number of rotatable bonds is 6. The molecule has 3 N–H and O–H groups in total. The van der Waals surface area contributed by atoms with Crippen molar-refractivity contribution in [2.24, 2.45) is 17.6 Å². The van der Waals surface area contributed by atoms with Crippen LogP contribution in [0.15, 0.2) is 24.3 Å². The first-order chi connectivity index (χ1) is 13.4. The summed E-state index contributed by atoms with van der Waals surface area (Å²) < 4.78 is 0. The van der Waals surface area contributed by atoms with Crippen molar-refractivity contribution in [1.29, 1.82) is 0 Å². The van der Waals surface area contributed by atoms with E-state index in [0.717, 1.165) is 25.7 Å². The average molecular weight is 386 g/mol. The summed E-state index contributed by atoms with van der Waals surface area (Å²) in [6.45, 7) is 1.50. The van der Waals surface area contributed by atoms with E-state index in [4.69, 9.17) is 5.73 Å². The van der Waals surface area contributed by atoms with Gasteiger partial charge in [-0.15, -0.1) is 0 Å². The zero-order valence-electron chi connectivity index (χ0n) is 16.8. The summed E-state index contributed by atoms with van der Waals surface area (Å²) in [4.78, 5) is 38.9. The van der Waals surface area contributed by atoms with Crippen molar-refractivity contribution in [1.82, 2.24) is 4.90 Å². The fourth-order valence-corrected chi connectivity index (χ4v) is 4.27. The Morgan fingerprint density at radius 2 is 1.71 bits per heavy atom. The molecule has 0 unspecified atom stereocenters. The van der Waals surface area contributed by atoms with Gasteiger partial charge in [-0.2, -0.15) is 0 Å². The van der Waals surface area contributed by atoms with Gasteiger partial charge in [0.05, 0.1) is 11.7 Å². The topological polar surface area (TPSA) is 92.5 Å². The van der Waals surface area contributed by atoms with Gasteiger partial charge in [0.15, 0.2) is 5.78 Å². The predicted octanol–water partition coefficient (Wildman–Crippen LogP) is 2.97. The van der Waals surface area contributed by atoms with Crippen LogP contribution in [0.5, 0.6) is 0 Å². The van der Waals surface area contributed by atoms with E-state index in [1.807, 2.05) is 18.0 Å². The molecule has 2 aliphatic carbocycles. The molecule has 2 saturated carbocycles. The number of benzene rings is 1. The fourth-order valence-electron chi connectivity index (χ4n) is 4.27. The summed E-state index contributed by atoms with van der Waals surface area (Å²) in [6, 6.07) is 6.94. The third-order valence-electron chi connectivity index (χ3n) is 6.47. The number of carbonyl (C=O) groups is 3. The van der Waals surface area contributed by atoms with E-state index >= 15 is 0 Å². The molecule has 2 aliphatic rings. The molecule has 0 aromatic heterocycles. The number of amides is 2. The van der Waals surface area contributed by atoms with Crippen LogP contribution in [-0.4, -0.2) is 41.6 Å². The Morgan fingerprint density at radius 1 is 1.07 bits per heavy atom. The lowest BCUT2D eigenvalue weighted by molar-refractivity contribution is -0.136. The average Bonchev–Trinajstić information content (AvgIpc) is 2.65. The van der Waals surface area contributed by atoms with Crippen LogP contribution in [0.3, 0.4) is 0 Å². The Morgan fingerprint density at radius 3 is 2.29 bits per heavy atom. The quantitative estimate of drug-likeness (QED) is 0.736. The van der Waals surface area contributed by atoms with Gasteiger partial charge in [0.1, 0.15) is 0 Å². The Balaban J connectivity index is 1.52. The minimum absolute atomic E-state index is 0.0352. The standard InChI is InChI=1S/C22H31N3O3/c1-14(26)18-8-3-4-9-19(18)24-21(27)16-12-10-15(11-13-16)20(23)22(28)25(2)17-6-5-7-17/h3-4,8-9,15-17,20H,5-7,10-13,23H2,1-2H3,(H,24,27)/t15?,16?,20-/m0/s1. The molecule has 0 spiro atoms. The molecule has 1 aromatic rings. The molecule has 6 nitrogen and oxygen atoms in total. The Hall–Kier alpha value is -2.21. The zero-order valence-corrected chi connectivity index (χ0v) is 16.8. The molecule has 0 aliphatic heterocycles. The second-order valence-corrected chi connectivity index (χ2v) is 8.26. The van der Waals surface area contributed by atoms with Gasteiger partial charge in [-0.1, -0.05) is 12.1 Å². The van der Waals surface area contributed by atoms with Crippen LogP contribution >= 0.6 is 0 Å². The van der Waals surface area contributed by atoms with Crippen LogP contribution in [0, 0.1) is 11.8 Å². The smallest absolute Gasteiger partial charge is 0.239 e. The van der Waals surface area contributed by atoms with Crippen LogP contribution in [0.25, 0.3) is 0 Å². The molecular formula is C22H31N3O3. The highest BCUT2D eigenvalue weighted by Gasteiger charge is 2.35. The highest BCUT2D eigenvalue weighted by Crippen LogP contribution is 2.33. The Kier molecular flexibility index (Phi) is 6.50. The number of nitrogens with zero attached hydrogens (tertiary/aromatic N) is 1. The van der Waals surface area contributed by atoms with Gasteiger partial charge in [0, 0.05) is 24.6 Å². The third kappa shape index (κ3) is 4.43. The van der Waals surface area contributed by atoms with E-state index in [0.29, 0.717) is 30.1 Å². The second-order valence-electron chi connectivity index (χ2n) is 8.26. The number of nitrogens with one attached hydrogen (secondary N) is 1. The summed E-state index contributed by atoms with van der Waals surface area (Å²) in [6.07, 6.45) is 6.31. The molecule has 1 atom stereocenters. The first-order valence-electron chi connectivity index (χ1n) is 10.3. The molecule has 152 valence electrons. The normalized spacial score (nSPS) is 23.4. The van der Waals surface area contributed by atoms with Crippen molar-refractivity contribution in [3.63, 3.8) is 0 Å². The van der Waals surface area contributed by atoms with Crippen molar-refractivity contribution in [3.8, 4) is 0 Å². The van der Waals surface area contributed by atoms with Crippen molar-refractivity contribution in [2.45, 2.75) is 64.0 Å². The van der Waals surface area contributed by atoms with E-state index in [1.165, 1.54) is 13.3 Å². The number of Topliss-reactive ketones (excluding diaryl/α,β-unsaturated/α-hetero) is 1. The number of carbonyl (C=O) groups excluding carboxylic acids is 3. The van der Waals surface area contributed by atoms with Gasteiger partial charge in [-0.3, -0.25) is 14.4 Å². The van der Waals surface area contributed by atoms with E-state index in [9.17, 15) is 14.4 Å². The highest BCUT2D eigenvalue weighted by atomic mass is 16.2. The number of hydrogen-bond acceptors (Lipinski definition) is 4. The molecule has 2 fully saturated rings. The largest absolute Gasteiger partial charge is 0.341 e. The molecule has 1 aromatic carbocycles. The van der Waals surface area contributed by atoms with Gasteiger partial charge in [-0.05, 0) is 69.9 Å². The molecule has 0 bridgehead atoms. The number of para-hydroxylation sites is 1. The van der Waals surface area contributed by atoms with Crippen LogP contribution in [0.1, 0.15) is 62.2 Å². The van der Waals surface area contributed by atoms with Gasteiger partial charge in [0.2, 0.25) is 11.8 Å². The SMILES string of the molecule is CC(=O)c1ccccc1NC(=O)C1CCC([C@H](N)C(=O)N(C)C2CCC2)CC1. The first-order valence-corrected chi connectivity index (χ1v) is 10.3. The number of nitrogens with two attached hydrogens (primary N) is 1. The highest BCUT2D eigenvalue weighted by molar-refractivity contribution is 6.04. The Labute approximate surface area is 166 Å². The summed E-state index contributed by atoms with van der Waals surface area (Å²) in [5, 5.41) is 2.91. The molecule has 0 heterocycles. The van der Waals surface area contributed by atoms with Crippen LogP contribution in [0.4, 0.5) is 5.69 Å². The summed E-state index contributed by atoms with van der Waals surface area (Å²) in [5.41, 5.74) is 7.37. The monoisotopic (exact) mass is 385 g/mol. The molecular weight excluding hydrogens is 354 g/mol. The lowest BCUT2D eigenvalue weighted by atomic mass is 9.77. The second kappa shape index (κ2) is 8.86. The Bertz CT molecular complexity index is 736. The zero-order chi connectivity index (χ0) is 20.3. The maximum Gasteiger partial charge on any atom is 0.239 e. The number of likely N-dealkylation sites (N-methyl/N-ethyl adjacent to an activating group) is 1. The maximum atomic E-state index is 12.7. The van der Waals surface area contributed by atoms with Crippen molar-refractivity contribution >= 4 is 23.3 Å². The van der Waals surface area contributed by atoms with Crippen molar-refractivity contribution in [2.75, 3.05) is 12.4 Å². The van der Waals surface area contributed by atoms with Crippen LogP contribution in [0.2, 0.25) is 0 Å². The summed E-state index contributed by atoms with van der Waals surface area (Å²) in [7, 11) is 1.86. The lowest BCUT2D eigenvalue weighted by Crippen LogP contribution is -2.52. The van der Waals surface area contributed by atoms with Crippen molar-refractivity contribution < 1.29 is 14.4 Å². The number of anilines is 1. The van der Waals surface area contributed by atoms with Crippen molar-refractivity contribution in [3.05, 3.63) is 29.8 Å². The van der Waals surface area contributed by atoms with Gasteiger partial charge < -0.3 is 16.0 Å². The summed E-state index contributed by atoms with van der Waals surface area (Å²) >= 11 is 0. The third-order valence-corrected chi connectivity index (χ3v) is 6.47. The first kappa shape index (κ1) is 20.5. The van der Waals surface area contributed by atoms with E-state index in [1.54, 1.807) is 18.2 Å². The lowest BCUT2D eigenvalue weighted by Gasteiger charge is -2.38. The number of hydrogen-bond donors (Lipinski definition) is 2. The number of ketones is 1. The minimum atomic E-state index is -0.479. The molecule has 0 radical (unpaired) electrons. The minimum Gasteiger partial charge on any atom is -0.341 e. The molecule has 3 rings (SSSR count). The maximum absolute atomic E-state index is 12.7. The van der Waals surface area contributed by atoms with Crippen LogP contribution < -0.4 is 11.1 Å². The van der Waals surface area contributed by atoms with E-state index in [-0.39, 0.29) is 29.4 Å².